The van der Waals surface area contributed by atoms with Gasteiger partial charge < -0.3 is 10.1 Å². The van der Waals surface area contributed by atoms with Crippen LogP contribution in [0.15, 0.2) is 36.4 Å². The van der Waals surface area contributed by atoms with Crippen molar-refractivity contribution in [1.29, 1.82) is 0 Å². The summed E-state index contributed by atoms with van der Waals surface area (Å²) in [5, 5.41) is 19.1. The molecule has 0 fully saturated rings. The number of benzene rings is 1. The maximum Gasteiger partial charge on any atom is 0.200 e. The highest BCUT2D eigenvalue weighted by Crippen LogP contribution is 2.27. The molecular formula is C15H18N6O. The first-order valence-corrected chi connectivity index (χ1v) is 7.13. The van der Waals surface area contributed by atoms with Gasteiger partial charge in [-0.05, 0) is 46.2 Å². The Labute approximate surface area is 128 Å². The van der Waals surface area contributed by atoms with Crippen LogP contribution in [0.2, 0.25) is 0 Å². The van der Waals surface area contributed by atoms with Gasteiger partial charge in [-0.1, -0.05) is 26.0 Å². The van der Waals surface area contributed by atoms with Crippen molar-refractivity contribution < 1.29 is 4.74 Å². The van der Waals surface area contributed by atoms with E-state index >= 15 is 0 Å². The molecule has 0 unspecified atom stereocenters. The lowest BCUT2D eigenvalue weighted by Crippen LogP contribution is -2.18. The lowest BCUT2D eigenvalue weighted by molar-refractivity contribution is 0.414. The molecule has 0 bridgehead atoms. The van der Waals surface area contributed by atoms with Crippen molar-refractivity contribution in [2.24, 2.45) is 5.92 Å². The molecule has 1 atom stereocenters. The van der Waals surface area contributed by atoms with Crippen LogP contribution in [-0.2, 0) is 0 Å². The maximum atomic E-state index is 5.21. The lowest BCUT2D eigenvalue weighted by Gasteiger charge is -2.23. The van der Waals surface area contributed by atoms with Crippen LogP contribution in [0.4, 0.5) is 5.82 Å². The summed E-state index contributed by atoms with van der Waals surface area (Å²) in [6, 6.07) is 11.9. The summed E-state index contributed by atoms with van der Waals surface area (Å²) in [6.07, 6.45) is 0. The minimum absolute atomic E-state index is 0.132. The van der Waals surface area contributed by atoms with Crippen LogP contribution in [0.1, 0.15) is 25.5 Å². The van der Waals surface area contributed by atoms with Gasteiger partial charge in [0.15, 0.2) is 5.65 Å². The molecule has 0 aliphatic heterocycles. The third-order valence-corrected chi connectivity index (χ3v) is 3.51. The fourth-order valence-electron chi connectivity index (χ4n) is 2.33. The third kappa shape index (κ3) is 2.83. The Kier molecular flexibility index (Phi) is 3.86. The summed E-state index contributed by atoms with van der Waals surface area (Å²) < 4.78 is 6.62. The van der Waals surface area contributed by atoms with E-state index in [2.05, 4.69) is 51.9 Å². The summed E-state index contributed by atoms with van der Waals surface area (Å²) in [5.74, 6) is 1.97. The average molecular weight is 298 g/mol. The zero-order valence-corrected chi connectivity index (χ0v) is 12.8. The molecule has 22 heavy (non-hydrogen) atoms. The second-order valence-corrected chi connectivity index (χ2v) is 5.38. The number of tetrazole rings is 1. The van der Waals surface area contributed by atoms with Gasteiger partial charge in [0.05, 0.1) is 13.2 Å². The van der Waals surface area contributed by atoms with E-state index in [9.17, 15) is 0 Å². The summed E-state index contributed by atoms with van der Waals surface area (Å²) in [5.41, 5.74) is 1.80. The first-order valence-electron chi connectivity index (χ1n) is 7.13. The smallest absolute Gasteiger partial charge is 0.200 e. The van der Waals surface area contributed by atoms with Crippen molar-refractivity contribution in [3.05, 3.63) is 42.0 Å². The molecule has 0 aliphatic carbocycles. The predicted molar refractivity (Wildman–Crippen MR) is 82.8 cm³/mol. The van der Waals surface area contributed by atoms with Crippen molar-refractivity contribution >= 4 is 11.5 Å². The highest BCUT2D eigenvalue weighted by Gasteiger charge is 2.16. The van der Waals surface area contributed by atoms with Gasteiger partial charge in [0.25, 0.3) is 0 Å². The van der Waals surface area contributed by atoms with E-state index in [1.54, 1.807) is 7.11 Å². The van der Waals surface area contributed by atoms with E-state index in [1.165, 1.54) is 10.2 Å². The number of hydrogen-bond donors (Lipinski definition) is 1. The van der Waals surface area contributed by atoms with Gasteiger partial charge in [0.2, 0.25) is 0 Å². The predicted octanol–water partition coefficient (Wildman–Crippen LogP) is 2.34. The quantitative estimate of drug-likeness (QED) is 0.779. The number of fused-ring (bicyclic) bond motifs is 1. The van der Waals surface area contributed by atoms with E-state index in [1.807, 2.05) is 24.3 Å². The van der Waals surface area contributed by atoms with Crippen LogP contribution in [0, 0.1) is 5.92 Å². The SMILES string of the molecule is COc1ccc([C@H](Nc2ccc3nnnn3n2)C(C)C)cc1. The minimum atomic E-state index is 0.132. The monoisotopic (exact) mass is 298 g/mol. The molecule has 114 valence electrons. The van der Waals surface area contributed by atoms with E-state index < -0.39 is 0 Å². The molecule has 0 amide bonds. The average Bonchev–Trinajstić information content (AvgIpc) is 3.00. The van der Waals surface area contributed by atoms with Crippen molar-refractivity contribution in [2.75, 3.05) is 12.4 Å². The molecule has 0 radical (unpaired) electrons. The Morgan fingerprint density at radius 3 is 2.55 bits per heavy atom. The van der Waals surface area contributed by atoms with E-state index in [0.29, 0.717) is 11.6 Å². The molecule has 1 N–H and O–H groups in total. The van der Waals surface area contributed by atoms with Crippen LogP contribution in [-0.4, -0.2) is 32.4 Å². The van der Waals surface area contributed by atoms with Crippen molar-refractivity contribution in [2.45, 2.75) is 19.9 Å². The molecule has 0 saturated heterocycles. The van der Waals surface area contributed by atoms with Gasteiger partial charge in [0.1, 0.15) is 11.6 Å². The fraction of sp³-hybridized carbons (Fsp3) is 0.333. The molecule has 3 rings (SSSR count). The molecule has 0 aliphatic rings. The van der Waals surface area contributed by atoms with Crippen LogP contribution in [0.3, 0.4) is 0 Å². The molecule has 0 spiro atoms. The number of aromatic nitrogens is 5. The van der Waals surface area contributed by atoms with E-state index in [-0.39, 0.29) is 6.04 Å². The Balaban J connectivity index is 1.86. The Morgan fingerprint density at radius 1 is 1.09 bits per heavy atom. The van der Waals surface area contributed by atoms with Crippen molar-refractivity contribution in [3.8, 4) is 5.75 Å². The van der Waals surface area contributed by atoms with Crippen LogP contribution < -0.4 is 10.1 Å². The number of ether oxygens (including phenoxy) is 1. The summed E-state index contributed by atoms with van der Waals surface area (Å²) in [4.78, 5) is 0. The third-order valence-electron chi connectivity index (χ3n) is 3.51. The summed E-state index contributed by atoms with van der Waals surface area (Å²) in [6.45, 7) is 4.33. The Bertz CT molecular complexity index is 752. The number of methoxy groups -OCH3 is 1. The molecule has 1 aromatic carbocycles. The summed E-state index contributed by atoms with van der Waals surface area (Å²) >= 11 is 0. The molecule has 2 heterocycles. The second-order valence-electron chi connectivity index (χ2n) is 5.38. The van der Waals surface area contributed by atoms with Gasteiger partial charge in [-0.15, -0.1) is 14.8 Å². The number of anilines is 1. The van der Waals surface area contributed by atoms with E-state index in [4.69, 9.17) is 4.74 Å². The second kappa shape index (κ2) is 5.97. The van der Waals surface area contributed by atoms with E-state index in [0.717, 1.165) is 11.6 Å². The number of hydrogen-bond acceptors (Lipinski definition) is 6. The molecule has 0 saturated carbocycles. The molecule has 7 heteroatoms. The zero-order chi connectivity index (χ0) is 15.5. The van der Waals surface area contributed by atoms with Gasteiger partial charge >= 0.3 is 0 Å². The topological polar surface area (TPSA) is 77.2 Å². The first kappa shape index (κ1) is 14.2. The largest absolute Gasteiger partial charge is 0.497 e. The molecular weight excluding hydrogens is 280 g/mol. The fourth-order valence-corrected chi connectivity index (χ4v) is 2.33. The number of nitrogens with zero attached hydrogens (tertiary/aromatic N) is 5. The van der Waals surface area contributed by atoms with Gasteiger partial charge in [0, 0.05) is 0 Å². The van der Waals surface area contributed by atoms with Gasteiger partial charge in [-0.3, -0.25) is 0 Å². The minimum Gasteiger partial charge on any atom is -0.497 e. The van der Waals surface area contributed by atoms with Crippen LogP contribution in [0.5, 0.6) is 5.75 Å². The number of rotatable bonds is 5. The Hall–Kier alpha value is -2.70. The van der Waals surface area contributed by atoms with Crippen LogP contribution in [0.25, 0.3) is 5.65 Å². The first-order chi connectivity index (χ1) is 10.7. The number of nitrogens with one attached hydrogen (secondary N) is 1. The Morgan fingerprint density at radius 2 is 1.86 bits per heavy atom. The standard InChI is InChI=1S/C15H18N6O/c1-10(2)15(11-4-6-12(22-3)7-5-11)16-13-8-9-14-17-19-20-21(14)18-13/h4-10,15H,1-3H3,(H,16,18)/t15-/m1/s1. The lowest BCUT2D eigenvalue weighted by atomic mass is 9.96. The van der Waals surface area contributed by atoms with Crippen molar-refractivity contribution in [1.82, 2.24) is 25.3 Å². The maximum absolute atomic E-state index is 5.21. The zero-order valence-electron chi connectivity index (χ0n) is 12.8. The van der Waals surface area contributed by atoms with Gasteiger partial charge in [-0.25, -0.2) is 0 Å². The highest BCUT2D eigenvalue weighted by molar-refractivity contribution is 5.44. The molecule has 3 aromatic rings. The molecule has 2 aromatic heterocycles. The molecule has 7 nitrogen and oxygen atoms in total. The van der Waals surface area contributed by atoms with Crippen molar-refractivity contribution in [3.63, 3.8) is 0 Å². The normalized spacial score (nSPS) is 12.5. The van der Waals surface area contributed by atoms with Crippen LogP contribution >= 0.6 is 0 Å². The van der Waals surface area contributed by atoms with Gasteiger partial charge in [-0.2, -0.15) is 0 Å². The highest BCUT2D eigenvalue weighted by atomic mass is 16.5. The summed E-state index contributed by atoms with van der Waals surface area (Å²) in [7, 11) is 1.67.